The van der Waals surface area contributed by atoms with Gasteiger partial charge in [-0.3, -0.25) is 0 Å². The van der Waals surface area contributed by atoms with Crippen molar-refractivity contribution in [3.8, 4) is 39.1 Å². The van der Waals surface area contributed by atoms with Crippen LogP contribution >= 0.6 is 0 Å². The second kappa shape index (κ2) is 14.8. The van der Waals surface area contributed by atoms with Gasteiger partial charge in [0.05, 0.1) is 16.7 Å². The highest BCUT2D eigenvalue weighted by Crippen LogP contribution is 2.42. The SMILES string of the molecule is c1ccc(-c2ccc(C3=NC(c4cccc5oc6c(-n7c8ccccc8c8c(-c9ccccc9)cccc87)cccc6c45)=NC(c4ccc(-c5ccccc5)cc4)N3)cc2)cc1. The lowest BCUT2D eigenvalue weighted by atomic mass is 9.99. The molecule has 0 bridgehead atoms. The zero-order chi connectivity index (χ0) is 41.0. The number of aromatic nitrogens is 1. The number of furan rings is 1. The van der Waals surface area contributed by atoms with E-state index < -0.39 is 0 Å². The number of hydrogen-bond acceptors (Lipinski definition) is 4. The van der Waals surface area contributed by atoms with E-state index in [1.807, 2.05) is 18.2 Å². The number of amidine groups is 2. The van der Waals surface area contributed by atoms with Crippen molar-refractivity contribution in [2.75, 3.05) is 0 Å². The first-order valence-electron chi connectivity index (χ1n) is 21.0. The number of fused-ring (bicyclic) bond motifs is 6. The van der Waals surface area contributed by atoms with E-state index in [0.29, 0.717) is 5.84 Å². The van der Waals surface area contributed by atoms with Crippen LogP contribution in [0.4, 0.5) is 0 Å². The van der Waals surface area contributed by atoms with Gasteiger partial charge in [-0.25, -0.2) is 9.98 Å². The Morgan fingerprint density at radius 1 is 0.419 bits per heavy atom. The van der Waals surface area contributed by atoms with Crippen LogP contribution in [0.5, 0.6) is 0 Å². The number of nitrogens with zero attached hydrogens (tertiary/aromatic N) is 3. The molecule has 1 atom stereocenters. The maximum atomic E-state index is 6.95. The molecule has 1 aliphatic heterocycles. The van der Waals surface area contributed by atoms with Crippen LogP contribution in [0, 0.1) is 0 Å². The lowest BCUT2D eigenvalue weighted by molar-refractivity contribution is 0.666. The number of hydrogen-bond donors (Lipinski definition) is 1. The fourth-order valence-electron chi connectivity index (χ4n) is 9.16. The molecule has 0 saturated heterocycles. The molecule has 1 aliphatic rings. The molecule has 5 nitrogen and oxygen atoms in total. The Morgan fingerprint density at radius 3 is 1.69 bits per heavy atom. The second-order valence-electron chi connectivity index (χ2n) is 15.7. The molecule has 1 unspecified atom stereocenters. The summed E-state index contributed by atoms with van der Waals surface area (Å²) >= 11 is 0. The Kier molecular flexibility index (Phi) is 8.49. The molecule has 0 spiro atoms. The Bertz CT molecular complexity index is 3510. The highest BCUT2D eigenvalue weighted by Gasteiger charge is 2.25. The van der Waals surface area contributed by atoms with Crippen LogP contribution < -0.4 is 5.32 Å². The molecule has 0 aliphatic carbocycles. The molecule has 2 aromatic heterocycles. The van der Waals surface area contributed by atoms with Gasteiger partial charge >= 0.3 is 0 Å². The van der Waals surface area contributed by atoms with Crippen molar-refractivity contribution < 1.29 is 4.42 Å². The third-order valence-electron chi connectivity index (χ3n) is 12.1. The van der Waals surface area contributed by atoms with E-state index in [2.05, 4.69) is 210 Å². The normalized spacial score (nSPS) is 14.0. The predicted molar refractivity (Wildman–Crippen MR) is 256 cm³/mol. The molecule has 0 saturated carbocycles. The summed E-state index contributed by atoms with van der Waals surface area (Å²) in [4.78, 5) is 10.7. The molecule has 0 radical (unpaired) electrons. The molecule has 1 N–H and O–H groups in total. The van der Waals surface area contributed by atoms with Crippen LogP contribution in [0.3, 0.4) is 0 Å². The number of para-hydroxylation sites is 2. The van der Waals surface area contributed by atoms with E-state index >= 15 is 0 Å². The predicted octanol–water partition coefficient (Wildman–Crippen LogP) is 14.2. The Hall–Kier alpha value is -8.28. The summed E-state index contributed by atoms with van der Waals surface area (Å²) in [5.41, 5.74) is 14.8. The van der Waals surface area contributed by atoms with Gasteiger partial charge in [0, 0.05) is 32.7 Å². The van der Waals surface area contributed by atoms with Gasteiger partial charge in [0.25, 0.3) is 0 Å². The quantitative estimate of drug-likeness (QED) is 0.175. The number of rotatable bonds is 7. The van der Waals surface area contributed by atoms with Crippen molar-refractivity contribution in [1.82, 2.24) is 9.88 Å². The number of aliphatic imine (C=N–C) groups is 2. The second-order valence-corrected chi connectivity index (χ2v) is 15.7. The van der Waals surface area contributed by atoms with Crippen LogP contribution in [-0.2, 0) is 0 Å². The summed E-state index contributed by atoms with van der Waals surface area (Å²) < 4.78 is 9.30. The molecule has 9 aromatic carbocycles. The summed E-state index contributed by atoms with van der Waals surface area (Å²) in [6, 6.07) is 76.8. The minimum atomic E-state index is -0.378. The van der Waals surface area contributed by atoms with Crippen molar-refractivity contribution >= 4 is 55.4 Å². The van der Waals surface area contributed by atoms with Crippen molar-refractivity contribution in [2.45, 2.75) is 6.17 Å². The standard InChI is InChI=1S/C57H38N4O/c1-4-15-37(16-5-1)39-29-33-42(34-30-39)55-58-56(43-35-31-40(32-36-43)38-17-6-2-7-18-38)60-57(59-55)47-24-14-28-51-53(47)46-23-13-27-50(54(46)62-51)61-48-25-11-10-21-45(48)52-44(22-12-26-49(52)61)41-19-8-3-9-20-41/h1-36,55H,(H,58,59,60). The monoisotopic (exact) mass is 794 g/mol. The first-order valence-corrected chi connectivity index (χ1v) is 21.0. The zero-order valence-electron chi connectivity index (χ0n) is 33.6. The first kappa shape index (κ1) is 35.6. The van der Waals surface area contributed by atoms with Gasteiger partial charge in [0.15, 0.2) is 11.4 Å². The largest absolute Gasteiger partial charge is 0.454 e. The summed E-state index contributed by atoms with van der Waals surface area (Å²) in [5.74, 6) is 1.41. The highest BCUT2D eigenvalue weighted by molar-refractivity contribution is 6.23. The minimum absolute atomic E-state index is 0.378. The molecule has 3 heterocycles. The Labute approximate surface area is 358 Å². The van der Waals surface area contributed by atoms with Crippen LogP contribution in [-0.4, -0.2) is 16.2 Å². The molecule has 5 heteroatoms. The van der Waals surface area contributed by atoms with E-state index in [1.165, 1.54) is 33.0 Å². The van der Waals surface area contributed by atoms with Crippen LogP contribution in [0.25, 0.3) is 82.8 Å². The van der Waals surface area contributed by atoms with Gasteiger partial charge in [0.1, 0.15) is 17.6 Å². The summed E-state index contributed by atoms with van der Waals surface area (Å²) in [6.07, 6.45) is -0.378. The van der Waals surface area contributed by atoms with E-state index in [0.717, 1.165) is 72.3 Å². The molecular formula is C57H38N4O. The fourth-order valence-corrected chi connectivity index (χ4v) is 9.16. The summed E-state index contributed by atoms with van der Waals surface area (Å²) in [5, 5.41) is 8.10. The summed E-state index contributed by atoms with van der Waals surface area (Å²) in [7, 11) is 0. The summed E-state index contributed by atoms with van der Waals surface area (Å²) in [6.45, 7) is 0. The first-order chi connectivity index (χ1) is 30.7. The van der Waals surface area contributed by atoms with E-state index in [4.69, 9.17) is 14.4 Å². The molecule has 12 rings (SSSR count). The van der Waals surface area contributed by atoms with Crippen molar-refractivity contribution in [3.05, 3.63) is 235 Å². The van der Waals surface area contributed by atoms with Gasteiger partial charge in [0.2, 0.25) is 0 Å². The average Bonchev–Trinajstić information content (AvgIpc) is 3.91. The Balaban J connectivity index is 1.02. The third kappa shape index (κ3) is 6.02. The maximum absolute atomic E-state index is 6.95. The molecule has 0 fully saturated rings. The molecular weight excluding hydrogens is 757 g/mol. The van der Waals surface area contributed by atoms with Crippen molar-refractivity contribution in [1.29, 1.82) is 0 Å². The van der Waals surface area contributed by atoms with E-state index in [1.54, 1.807) is 0 Å². The van der Waals surface area contributed by atoms with Crippen LogP contribution in [0.1, 0.15) is 22.9 Å². The maximum Gasteiger partial charge on any atom is 0.160 e. The third-order valence-corrected chi connectivity index (χ3v) is 12.1. The van der Waals surface area contributed by atoms with Crippen LogP contribution in [0.15, 0.2) is 233 Å². The van der Waals surface area contributed by atoms with E-state index in [-0.39, 0.29) is 6.17 Å². The Morgan fingerprint density at radius 2 is 0.968 bits per heavy atom. The molecule has 11 aromatic rings. The average molecular weight is 795 g/mol. The number of benzene rings is 9. The van der Waals surface area contributed by atoms with Gasteiger partial charge in [-0.1, -0.05) is 194 Å². The fraction of sp³-hybridized carbons (Fsp3) is 0.0175. The van der Waals surface area contributed by atoms with Crippen molar-refractivity contribution in [2.24, 2.45) is 9.98 Å². The number of nitrogens with one attached hydrogen (secondary N) is 1. The zero-order valence-corrected chi connectivity index (χ0v) is 33.6. The molecule has 292 valence electrons. The smallest absolute Gasteiger partial charge is 0.160 e. The van der Waals surface area contributed by atoms with Crippen molar-refractivity contribution in [3.63, 3.8) is 0 Å². The van der Waals surface area contributed by atoms with Gasteiger partial charge in [-0.05, 0) is 63.2 Å². The minimum Gasteiger partial charge on any atom is -0.454 e. The van der Waals surface area contributed by atoms with Crippen LogP contribution in [0.2, 0.25) is 0 Å². The molecule has 62 heavy (non-hydrogen) atoms. The lowest BCUT2D eigenvalue weighted by Gasteiger charge is -2.24. The lowest BCUT2D eigenvalue weighted by Crippen LogP contribution is -2.33. The topological polar surface area (TPSA) is 54.8 Å². The highest BCUT2D eigenvalue weighted by atomic mass is 16.3. The van der Waals surface area contributed by atoms with Gasteiger partial charge in [-0.15, -0.1) is 0 Å². The van der Waals surface area contributed by atoms with Gasteiger partial charge < -0.3 is 14.3 Å². The van der Waals surface area contributed by atoms with E-state index in [9.17, 15) is 0 Å². The van der Waals surface area contributed by atoms with Gasteiger partial charge in [-0.2, -0.15) is 0 Å². The molecule has 0 amide bonds.